The minimum atomic E-state index is -0.844. The summed E-state index contributed by atoms with van der Waals surface area (Å²) in [6, 6.07) is 9.28. The average molecular weight is 397 g/mol. The first-order valence-corrected chi connectivity index (χ1v) is 9.32. The van der Waals surface area contributed by atoms with Crippen molar-refractivity contribution in [3.63, 3.8) is 0 Å². The van der Waals surface area contributed by atoms with Crippen LogP contribution in [-0.4, -0.2) is 52.3 Å². The summed E-state index contributed by atoms with van der Waals surface area (Å²) in [6.45, 7) is 3.60. The van der Waals surface area contributed by atoms with Crippen LogP contribution in [0.4, 0.5) is 8.78 Å². The van der Waals surface area contributed by atoms with E-state index in [0.717, 1.165) is 36.8 Å². The van der Waals surface area contributed by atoms with Gasteiger partial charge in [-0.2, -0.15) is 0 Å². The quantitative estimate of drug-likeness (QED) is 0.785. The Morgan fingerprint density at radius 1 is 1.00 bits per heavy atom. The third-order valence-corrected chi connectivity index (χ3v) is 5.24. The van der Waals surface area contributed by atoms with Crippen LogP contribution >= 0.6 is 11.6 Å². The summed E-state index contributed by atoms with van der Waals surface area (Å²) < 4.78 is 26.6. The molecule has 1 heterocycles. The molecule has 2 aromatic carbocycles. The van der Waals surface area contributed by atoms with E-state index in [-0.39, 0.29) is 18.4 Å². The van der Waals surface area contributed by atoms with Crippen LogP contribution in [0.15, 0.2) is 36.4 Å². The molecule has 2 aromatic rings. The van der Waals surface area contributed by atoms with Crippen molar-refractivity contribution in [3.8, 4) is 5.75 Å². The summed E-state index contributed by atoms with van der Waals surface area (Å²) >= 11 is 5.98. The molecule has 0 spiro atoms. The van der Waals surface area contributed by atoms with Gasteiger partial charge in [0, 0.05) is 45.4 Å². The first-order chi connectivity index (χ1) is 13.0. The predicted molar refractivity (Wildman–Crippen MR) is 101 cm³/mol. The van der Waals surface area contributed by atoms with Gasteiger partial charge in [0.1, 0.15) is 5.75 Å². The molecule has 146 valence electrons. The fraction of sp³-hybridized carbons (Fsp3) is 0.400. The lowest BCUT2D eigenvalue weighted by Gasteiger charge is -2.41. The van der Waals surface area contributed by atoms with Gasteiger partial charge in [0.2, 0.25) is 0 Å². The molecule has 0 saturated carbocycles. The van der Waals surface area contributed by atoms with Crippen LogP contribution in [0.25, 0.3) is 0 Å². The van der Waals surface area contributed by atoms with Gasteiger partial charge in [-0.25, -0.2) is 8.78 Å². The van der Waals surface area contributed by atoms with Gasteiger partial charge < -0.3 is 10.2 Å². The summed E-state index contributed by atoms with van der Waals surface area (Å²) in [4.78, 5) is 4.47. The Labute approximate surface area is 162 Å². The number of rotatable bonds is 6. The molecule has 0 unspecified atom stereocenters. The molecule has 0 bridgehead atoms. The Kier molecular flexibility index (Phi) is 6.65. The predicted octanol–water partition coefficient (Wildman–Crippen LogP) is 3.39. The molecule has 1 saturated heterocycles. The van der Waals surface area contributed by atoms with E-state index in [9.17, 15) is 19.0 Å². The van der Waals surface area contributed by atoms with Gasteiger partial charge in [-0.15, -0.1) is 0 Å². The molecule has 2 N–H and O–H groups in total. The number of phenols is 1. The van der Waals surface area contributed by atoms with Crippen LogP contribution in [0.1, 0.15) is 17.5 Å². The van der Waals surface area contributed by atoms with E-state index in [2.05, 4.69) is 9.80 Å². The highest BCUT2D eigenvalue weighted by Gasteiger charge is 2.27. The summed E-state index contributed by atoms with van der Waals surface area (Å²) in [5, 5.41) is 19.3. The fourth-order valence-electron chi connectivity index (χ4n) is 3.51. The number of aliphatic hydroxyl groups excluding tert-OH is 1. The monoisotopic (exact) mass is 396 g/mol. The lowest BCUT2D eigenvalue weighted by molar-refractivity contribution is 0.0499. The van der Waals surface area contributed by atoms with Crippen molar-refractivity contribution in [1.29, 1.82) is 0 Å². The maximum atomic E-state index is 13.5. The summed E-state index contributed by atoms with van der Waals surface area (Å²) in [7, 11) is 0. The van der Waals surface area contributed by atoms with Gasteiger partial charge in [0.15, 0.2) is 11.6 Å². The summed E-state index contributed by atoms with van der Waals surface area (Å²) in [5.41, 5.74) is 1.73. The van der Waals surface area contributed by atoms with Crippen LogP contribution in [0.3, 0.4) is 0 Å². The Morgan fingerprint density at radius 2 is 1.74 bits per heavy atom. The van der Waals surface area contributed by atoms with E-state index in [0.29, 0.717) is 24.5 Å². The molecule has 0 aromatic heterocycles. The number of benzene rings is 2. The number of hydrogen-bond donors (Lipinski definition) is 2. The van der Waals surface area contributed by atoms with E-state index >= 15 is 0 Å². The average Bonchev–Trinajstić information content (AvgIpc) is 2.64. The number of aliphatic hydroxyl groups is 1. The zero-order valence-electron chi connectivity index (χ0n) is 14.9. The normalized spacial score (nSPS) is 18.7. The molecule has 0 aliphatic carbocycles. The Hall–Kier alpha value is -1.73. The molecule has 0 amide bonds. The van der Waals surface area contributed by atoms with Crippen LogP contribution in [0, 0.1) is 11.6 Å². The molecule has 1 aliphatic rings. The molecule has 1 atom stereocenters. The second-order valence-electron chi connectivity index (χ2n) is 6.91. The van der Waals surface area contributed by atoms with Crippen molar-refractivity contribution in [2.24, 2.45) is 0 Å². The van der Waals surface area contributed by atoms with E-state index in [1.54, 1.807) is 18.2 Å². The van der Waals surface area contributed by atoms with Gasteiger partial charge in [0.05, 0.1) is 5.02 Å². The van der Waals surface area contributed by atoms with Crippen molar-refractivity contribution in [1.82, 2.24) is 9.80 Å². The van der Waals surface area contributed by atoms with Gasteiger partial charge >= 0.3 is 0 Å². The van der Waals surface area contributed by atoms with Crippen molar-refractivity contribution in [2.45, 2.75) is 25.6 Å². The van der Waals surface area contributed by atoms with Gasteiger partial charge in [-0.1, -0.05) is 23.7 Å². The third-order valence-electron chi connectivity index (χ3n) is 4.94. The smallest absolute Gasteiger partial charge is 0.159 e. The fourth-order valence-corrected chi connectivity index (χ4v) is 3.71. The Bertz CT molecular complexity index is 791. The number of aromatic hydroxyl groups is 1. The Balaban J connectivity index is 1.65. The van der Waals surface area contributed by atoms with Crippen molar-refractivity contribution in [2.75, 3.05) is 26.2 Å². The first-order valence-electron chi connectivity index (χ1n) is 8.95. The second kappa shape index (κ2) is 8.97. The first kappa shape index (κ1) is 20.0. The SMILES string of the molecule is OCC[C@H]1CN(Cc2ccc(O)c(Cl)c2)CCN1Cc1ccc(F)c(F)c1. The van der Waals surface area contributed by atoms with E-state index < -0.39 is 11.6 Å². The third kappa shape index (κ3) is 5.17. The summed E-state index contributed by atoms with van der Waals surface area (Å²) in [5.74, 6) is -1.62. The molecular weight excluding hydrogens is 374 g/mol. The number of hydrogen-bond acceptors (Lipinski definition) is 4. The highest BCUT2D eigenvalue weighted by Crippen LogP contribution is 2.25. The van der Waals surface area contributed by atoms with Crippen molar-refractivity contribution in [3.05, 3.63) is 64.2 Å². The van der Waals surface area contributed by atoms with Crippen LogP contribution in [-0.2, 0) is 13.1 Å². The Morgan fingerprint density at radius 3 is 2.44 bits per heavy atom. The maximum Gasteiger partial charge on any atom is 0.159 e. The van der Waals surface area contributed by atoms with Crippen LogP contribution in [0.5, 0.6) is 5.75 Å². The largest absolute Gasteiger partial charge is 0.506 e. The lowest BCUT2D eigenvalue weighted by Crippen LogP contribution is -2.52. The minimum Gasteiger partial charge on any atom is -0.506 e. The lowest BCUT2D eigenvalue weighted by atomic mass is 10.1. The molecule has 27 heavy (non-hydrogen) atoms. The second-order valence-corrected chi connectivity index (χ2v) is 7.31. The topological polar surface area (TPSA) is 46.9 Å². The molecule has 1 fully saturated rings. The van der Waals surface area contributed by atoms with E-state index in [1.807, 2.05) is 6.07 Å². The molecule has 4 nitrogen and oxygen atoms in total. The van der Waals surface area contributed by atoms with Gasteiger partial charge in [-0.05, 0) is 41.8 Å². The minimum absolute atomic E-state index is 0.0647. The maximum absolute atomic E-state index is 13.5. The highest BCUT2D eigenvalue weighted by atomic mass is 35.5. The van der Waals surface area contributed by atoms with Crippen molar-refractivity contribution < 1.29 is 19.0 Å². The number of nitrogens with zero attached hydrogens (tertiary/aromatic N) is 2. The molecule has 7 heteroatoms. The number of halogens is 3. The van der Waals surface area contributed by atoms with E-state index in [1.165, 1.54) is 6.07 Å². The highest BCUT2D eigenvalue weighted by molar-refractivity contribution is 6.32. The zero-order chi connectivity index (χ0) is 19.4. The molecule has 3 rings (SSSR count). The standard InChI is InChI=1S/C20H23ClF2N2O2/c21-17-9-14(2-4-20(17)27)11-24-6-7-25(16(13-24)5-8-26)12-15-1-3-18(22)19(23)10-15/h1-4,9-10,16,26-27H,5-8,11-13H2/t16-/m0/s1. The number of phenolic OH excluding ortho intramolecular Hbond substituents is 1. The zero-order valence-corrected chi connectivity index (χ0v) is 15.7. The molecule has 0 radical (unpaired) electrons. The number of piperazine rings is 1. The van der Waals surface area contributed by atoms with Gasteiger partial charge in [-0.3, -0.25) is 9.80 Å². The molecular formula is C20H23ClF2N2O2. The van der Waals surface area contributed by atoms with E-state index in [4.69, 9.17) is 11.6 Å². The van der Waals surface area contributed by atoms with Crippen molar-refractivity contribution >= 4 is 11.6 Å². The van der Waals surface area contributed by atoms with Gasteiger partial charge in [0.25, 0.3) is 0 Å². The van der Waals surface area contributed by atoms with Crippen LogP contribution < -0.4 is 0 Å². The summed E-state index contributed by atoms with van der Waals surface area (Å²) in [6.07, 6.45) is 0.608. The molecule has 1 aliphatic heterocycles. The van der Waals surface area contributed by atoms with Crippen LogP contribution in [0.2, 0.25) is 5.02 Å².